The molecule has 1 rings (SSSR count). The summed E-state index contributed by atoms with van der Waals surface area (Å²) in [4.78, 5) is 23.9. The number of methoxy groups -OCH3 is 1. The fourth-order valence-corrected chi connectivity index (χ4v) is 3.32. The summed E-state index contributed by atoms with van der Waals surface area (Å²) in [5, 5.41) is 17.9. The van der Waals surface area contributed by atoms with Crippen LogP contribution in [0.2, 0.25) is 0 Å². The van der Waals surface area contributed by atoms with Gasteiger partial charge < -0.3 is 32.2 Å². The first-order valence-electron chi connectivity index (χ1n) is 7.07. The minimum Gasteiger partial charge on any atom is -0.465 e. The van der Waals surface area contributed by atoms with Crippen molar-refractivity contribution in [3.63, 3.8) is 0 Å². The molecule has 11 heteroatoms. The number of hydrogen-bond donors (Lipinski definition) is 2. The van der Waals surface area contributed by atoms with Gasteiger partial charge in [0.15, 0.2) is 5.75 Å². The highest BCUT2D eigenvalue weighted by Crippen LogP contribution is 2.13. The lowest BCUT2D eigenvalue weighted by molar-refractivity contribution is 0.0597. The Morgan fingerprint density at radius 3 is 1.88 bits per heavy atom. The van der Waals surface area contributed by atoms with Crippen LogP contribution in [0.3, 0.4) is 0 Å². The molecule has 0 heterocycles. The second-order valence-electron chi connectivity index (χ2n) is 4.57. The second-order valence-corrected chi connectivity index (χ2v) is 6.90. The molecule has 0 spiro atoms. The van der Waals surface area contributed by atoms with Crippen LogP contribution < -0.4 is 0 Å². The van der Waals surface area contributed by atoms with Gasteiger partial charge in [-0.25, -0.2) is 4.79 Å². The Kier molecular flexibility index (Phi) is 11.1. The zero-order valence-corrected chi connectivity index (χ0v) is 14.3. The fourth-order valence-electron chi connectivity index (χ4n) is 1.78. The van der Waals surface area contributed by atoms with E-state index in [9.17, 15) is 26.9 Å². The van der Waals surface area contributed by atoms with Crippen LogP contribution in [-0.4, -0.2) is 66.8 Å². The number of aliphatic hydroxyl groups is 2. The standard InChI is InChI=1S/C14H19O5S.BF4/c1-19-14(18)12-5-3-2-4-11(12)13(17)10-20(8-6-15)9-7-16;2-1(3,4)5/h2-5,15-16H,6-10H2,1H3;/q+1;-1. The number of ketones is 1. The van der Waals surface area contributed by atoms with Crippen molar-refractivity contribution in [2.45, 2.75) is 0 Å². The van der Waals surface area contributed by atoms with Crippen LogP contribution in [0.1, 0.15) is 20.7 Å². The van der Waals surface area contributed by atoms with E-state index in [2.05, 4.69) is 4.74 Å². The van der Waals surface area contributed by atoms with Crippen molar-refractivity contribution in [2.75, 3.05) is 37.6 Å². The number of ether oxygens (including phenoxy) is 1. The van der Waals surface area contributed by atoms with Crippen LogP contribution in [0, 0.1) is 0 Å². The van der Waals surface area contributed by atoms with Crippen molar-refractivity contribution in [3.05, 3.63) is 35.4 Å². The van der Waals surface area contributed by atoms with Gasteiger partial charge >= 0.3 is 13.2 Å². The Labute approximate surface area is 145 Å². The van der Waals surface area contributed by atoms with Crippen LogP contribution in [0.5, 0.6) is 0 Å². The summed E-state index contributed by atoms with van der Waals surface area (Å²) in [5.41, 5.74) is 0.573. The summed E-state index contributed by atoms with van der Waals surface area (Å²) in [6.07, 6.45) is 0. The van der Waals surface area contributed by atoms with E-state index in [1.165, 1.54) is 7.11 Å². The second kappa shape index (κ2) is 11.9. The van der Waals surface area contributed by atoms with Crippen LogP contribution in [-0.2, 0) is 15.6 Å². The molecule has 0 bridgehead atoms. The van der Waals surface area contributed by atoms with Crippen molar-refractivity contribution in [1.29, 1.82) is 0 Å². The summed E-state index contributed by atoms with van der Waals surface area (Å²) in [6, 6.07) is 6.50. The number of Topliss-reactive ketones (excluding diaryl/α,β-unsaturated/α-hetero) is 1. The van der Waals surface area contributed by atoms with Crippen molar-refractivity contribution in [2.24, 2.45) is 0 Å². The molecular formula is C14H19BF4O5S. The molecule has 0 aliphatic rings. The highest BCUT2D eigenvalue weighted by molar-refractivity contribution is 7.97. The SMILES string of the molecule is COC(=O)c1ccccc1C(=O)C[S+](CCO)CCO.F[B-](F)(F)F. The van der Waals surface area contributed by atoms with Crippen molar-refractivity contribution in [3.8, 4) is 0 Å². The zero-order chi connectivity index (χ0) is 19.5. The Bertz CT molecular complexity index is 544. The monoisotopic (exact) mass is 386 g/mol. The van der Waals surface area contributed by atoms with E-state index >= 15 is 0 Å². The molecule has 1 aromatic carbocycles. The predicted molar refractivity (Wildman–Crippen MR) is 88.4 cm³/mol. The van der Waals surface area contributed by atoms with Crippen molar-refractivity contribution < 1.29 is 41.8 Å². The van der Waals surface area contributed by atoms with E-state index in [1.54, 1.807) is 24.3 Å². The fraction of sp³-hybridized carbons (Fsp3) is 0.429. The van der Waals surface area contributed by atoms with E-state index in [-0.39, 0.29) is 41.2 Å². The van der Waals surface area contributed by atoms with Gasteiger partial charge in [-0.3, -0.25) is 4.79 Å². The number of rotatable bonds is 8. The molecule has 0 aliphatic heterocycles. The van der Waals surface area contributed by atoms with Gasteiger partial charge in [-0.05, 0) is 6.07 Å². The molecule has 142 valence electrons. The highest BCUT2D eigenvalue weighted by Gasteiger charge is 2.25. The number of carbonyl (C=O) groups is 2. The van der Waals surface area contributed by atoms with Gasteiger partial charge in [-0.1, -0.05) is 18.2 Å². The number of aliphatic hydroxyl groups excluding tert-OH is 2. The number of esters is 1. The molecule has 0 saturated heterocycles. The summed E-state index contributed by atoms with van der Waals surface area (Å²) in [7, 11) is -5.11. The maximum atomic E-state index is 12.3. The summed E-state index contributed by atoms with van der Waals surface area (Å²) in [5.74, 6) is 0.462. The molecule has 5 nitrogen and oxygen atoms in total. The third-order valence-corrected chi connectivity index (χ3v) is 4.92. The topological polar surface area (TPSA) is 83.8 Å². The van der Waals surface area contributed by atoms with Gasteiger partial charge in [0.05, 0.1) is 25.9 Å². The molecule has 0 saturated carbocycles. The van der Waals surface area contributed by atoms with Crippen LogP contribution >= 0.6 is 0 Å². The Morgan fingerprint density at radius 1 is 1.04 bits per heavy atom. The van der Waals surface area contributed by atoms with E-state index in [4.69, 9.17) is 10.2 Å². The molecule has 1 aromatic rings. The van der Waals surface area contributed by atoms with Crippen LogP contribution in [0.15, 0.2) is 24.3 Å². The quantitative estimate of drug-likeness (QED) is 0.233. The number of halogens is 4. The molecule has 0 unspecified atom stereocenters. The van der Waals surface area contributed by atoms with Crippen molar-refractivity contribution in [1.82, 2.24) is 0 Å². The molecular weight excluding hydrogens is 367 g/mol. The van der Waals surface area contributed by atoms with Crippen LogP contribution in [0.25, 0.3) is 0 Å². The van der Waals surface area contributed by atoms with E-state index in [1.807, 2.05) is 0 Å². The summed E-state index contributed by atoms with van der Waals surface area (Å²) >= 11 is 0. The van der Waals surface area contributed by atoms with Gasteiger partial charge in [0.2, 0.25) is 5.78 Å². The van der Waals surface area contributed by atoms with Gasteiger partial charge in [0.1, 0.15) is 11.5 Å². The Hall–Kier alpha value is -1.59. The zero-order valence-electron chi connectivity index (χ0n) is 13.5. The largest absolute Gasteiger partial charge is 0.673 e. The molecule has 2 N–H and O–H groups in total. The lowest BCUT2D eigenvalue weighted by Crippen LogP contribution is -2.26. The molecule has 0 radical (unpaired) electrons. The minimum atomic E-state index is -6.00. The molecule has 0 aromatic heterocycles. The number of hydrogen-bond acceptors (Lipinski definition) is 5. The van der Waals surface area contributed by atoms with Gasteiger partial charge in [-0.2, -0.15) is 0 Å². The maximum Gasteiger partial charge on any atom is 0.673 e. The first kappa shape index (κ1) is 23.4. The van der Waals surface area contributed by atoms with E-state index < -0.39 is 13.2 Å². The minimum absolute atomic E-state index is 0.0188. The maximum absolute atomic E-state index is 12.3. The first-order valence-corrected chi connectivity index (χ1v) is 8.80. The smallest absolute Gasteiger partial charge is 0.465 e. The Morgan fingerprint density at radius 2 is 1.48 bits per heavy atom. The average molecular weight is 386 g/mol. The van der Waals surface area contributed by atoms with E-state index in [0.717, 1.165) is 0 Å². The number of benzene rings is 1. The molecule has 25 heavy (non-hydrogen) atoms. The molecule has 0 amide bonds. The average Bonchev–Trinajstić information content (AvgIpc) is 2.53. The molecule has 0 aliphatic carbocycles. The van der Waals surface area contributed by atoms with Gasteiger partial charge in [0.25, 0.3) is 0 Å². The highest BCUT2D eigenvalue weighted by atomic mass is 32.2. The van der Waals surface area contributed by atoms with Gasteiger partial charge in [0, 0.05) is 16.5 Å². The van der Waals surface area contributed by atoms with Crippen molar-refractivity contribution >= 4 is 29.9 Å². The third kappa shape index (κ3) is 10.8. The number of carbonyl (C=O) groups excluding carboxylic acids is 2. The van der Waals surface area contributed by atoms with Crippen LogP contribution in [0.4, 0.5) is 17.3 Å². The lowest BCUT2D eigenvalue weighted by Gasteiger charge is -2.08. The van der Waals surface area contributed by atoms with E-state index in [0.29, 0.717) is 17.1 Å². The van der Waals surface area contributed by atoms with Gasteiger partial charge in [-0.15, -0.1) is 0 Å². The normalized spacial score (nSPS) is 10.9. The summed E-state index contributed by atoms with van der Waals surface area (Å²) < 4.78 is 43.7. The predicted octanol–water partition coefficient (Wildman–Crippen LogP) is 1.56. The summed E-state index contributed by atoms with van der Waals surface area (Å²) in [6.45, 7) is -0.0376. The molecule has 0 atom stereocenters. The Balaban J connectivity index is 0.00000101. The first-order chi connectivity index (χ1) is 11.6. The third-order valence-electron chi connectivity index (χ3n) is 2.73. The molecule has 0 fully saturated rings. The lowest BCUT2D eigenvalue weighted by atomic mass is 10.0.